The zero-order valence-corrected chi connectivity index (χ0v) is 40.4. The number of para-hydroxylation sites is 1. The molecule has 0 amide bonds. The quantitative estimate of drug-likeness (QED) is 0.154. The fourth-order valence-corrected chi connectivity index (χ4v) is 13.7. The number of nitrogens with zero attached hydrogens (tertiary/aromatic N) is 2. The monoisotopic (exact) mass is 876 g/mol. The number of fused-ring (bicyclic) bond motifs is 19. The van der Waals surface area contributed by atoms with Gasteiger partial charge in [0, 0.05) is 64.0 Å². The zero-order chi connectivity index (χ0) is 45.1. The summed E-state index contributed by atoms with van der Waals surface area (Å²) in [4.78, 5) is 2.62. The van der Waals surface area contributed by atoms with Gasteiger partial charge in [0.2, 0.25) is 0 Å². The van der Waals surface area contributed by atoms with Crippen LogP contribution in [0.1, 0.15) is 104 Å². The third-order valence-corrected chi connectivity index (χ3v) is 17.3. The number of anilines is 2. The van der Waals surface area contributed by atoms with E-state index < -0.39 is 0 Å². The normalized spacial score (nSPS) is 16.4. The van der Waals surface area contributed by atoms with E-state index in [1.807, 2.05) is 11.3 Å². The van der Waals surface area contributed by atoms with Crippen LogP contribution in [0.5, 0.6) is 0 Å². The standard InChI is InChI=1S/C60H53BN2O2S/c1-57(2,3)32-19-22-34(23-20-32)63-44-29-37-35-15-11-13-17-45(35)64-47(37)30-39(44)49-50-36-16-12-14-18-48(36)66-55(50)51-38-28-41-42(60(9,10)26-25-59(41,7)8)31-43(38)62-53-40-27-33(58(4,5)6)21-24-46(40)65-56(53)61(63)52(49)54(51)62/h11-24,27-31H,25-26H2,1-10H3. The van der Waals surface area contributed by atoms with Crippen molar-refractivity contribution in [3.8, 4) is 16.8 Å². The predicted octanol–water partition coefficient (Wildman–Crippen LogP) is 16.0. The van der Waals surface area contributed by atoms with Gasteiger partial charge in [-0.3, -0.25) is 0 Å². The molecule has 2 aliphatic heterocycles. The minimum Gasteiger partial charge on any atom is -0.466 e. The predicted molar refractivity (Wildman–Crippen MR) is 282 cm³/mol. The SMILES string of the molecule is CC(C)(C)c1ccc(N2B3c4oc5ccc(C(C)(C)C)cc5c4-n4c5cc6c(cc5c5c7sc8ccccc8c7c(c3c54)-c3cc4oc5ccccc5c4cc32)C(C)(C)CCC6(C)C)cc1. The van der Waals surface area contributed by atoms with Crippen LogP contribution in [-0.2, 0) is 21.7 Å². The minimum atomic E-state index is -0.269. The highest BCUT2D eigenvalue weighted by Crippen LogP contribution is 2.56. The van der Waals surface area contributed by atoms with Gasteiger partial charge >= 0.3 is 6.85 Å². The second-order valence-electron chi connectivity index (χ2n) is 23.1. The van der Waals surface area contributed by atoms with Gasteiger partial charge in [-0.2, -0.15) is 0 Å². The second-order valence-corrected chi connectivity index (χ2v) is 24.2. The van der Waals surface area contributed by atoms with Crippen molar-refractivity contribution >= 4 is 116 Å². The highest BCUT2D eigenvalue weighted by Gasteiger charge is 2.49. The third kappa shape index (κ3) is 4.96. The average Bonchev–Trinajstić information content (AvgIpc) is 4.04. The fraction of sp³-hybridized carbons (Fsp3) is 0.267. The maximum Gasteiger partial charge on any atom is 0.375 e. The molecule has 14 rings (SSSR count). The Hall–Kier alpha value is -6.24. The Balaban J connectivity index is 1.25. The lowest BCUT2D eigenvalue weighted by atomic mass is 9.46. The Morgan fingerprint density at radius 1 is 0.591 bits per heavy atom. The lowest BCUT2D eigenvalue weighted by Gasteiger charge is -2.42. The fourth-order valence-electron chi connectivity index (χ4n) is 12.4. The first-order valence-corrected chi connectivity index (χ1v) is 24.7. The molecule has 6 heteroatoms. The Kier molecular flexibility index (Phi) is 7.32. The molecule has 4 nitrogen and oxygen atoms in total. The minimum absolute atomic E-state index is 0.00925. The van der Waals surface area contributed by atoms with Gasteiger partial charge in [-0.05, 0) is 128 Å². The molecule has 0 radical (unpaired) electrons. The van der Waals surface area contributed by atoms with Crippen molar-refractivity contribution in [2.75, 3.05) is 4.81 Å². The van der Waals surface area contributed by atoms with Gasteiger partial charge in [0.15, 0.2) is 0 Å². The summed E-state index contributed by atoms with van der Waals surface area (Å²) in [5, 5.41) is 8.74. The number of benzene rings is 7. The van der Waals surface area contributed by atoms with Gasteiger partial charge in [0.05, 0.1) is 16.7 Å². The van der Waals surface area contributed by atoms with Gasteiger partial charge in [-0.15, -0.1) is 11.3 Å². The summed E-state index contributed by atoms with van der Waals surface area (Å²) in [7, 11) is 0. The van der Waals surface area contributed by atoms with Crippen molar-refractivity contribution in [2.24, 2.45) is 0 Å². The molecule has 0 spiro atoms. The number of furan rings is 2. The molecule has 4 aromatic heterocycles. The summed E-state index contributed by atoms with van der Waals surface area (Å²) >= 11 is 1.96. The molecule has 11 aromatic rings. The smallest absolute Gasteiger partial charge is 0.375 e. The Labute approximate surface area is 389 Å². The average molecular weight is 877 g/mol. The van der Waals surface area contributed by atoms with Crippen LogP contribution >= 0.6 is 11.3 Å². The van der Waals surface area contributed by atoms with Crippen LogP contribution in [0.15, 0.2) is 124 Å². The number of hydrogen-bond donors (Lipinski definition) is 0. The summed E-state index contributed by atoms with van der Waals surface area (Å²) in [6, 6.07) is 43.9. The Morgan fingerprint density at radius 2 is 1.26 bits per heavy atom. The summed E-state index contributed by atoms with van der Waals surface area (Å²) < 4.78 is 19.7. The van der Waals surface area contributed by atoms with Crippen LogP contribution < -0.4 is 15.9 Å². The molecule has 6 heterocycles. The van der Waals surface area contributed by atoms with Gasteiger partial charge in [-0.25, -0.2) is 0 Å². The molecule has 0 N–H and O–H groups in total. The molecule has 0 saturated heterocycles. The third-order valence-electron chi connectivity index (χ3n) is 16.1. The first-order valence-electron chi connectivity index (χ1n) is 23.9. The van der Waals surface area contributed by atoms with Gasteiger partial charge in [0.1, 0.15) is 22.4 Å². The topological polar surface area (TPSA) is 34.5 Å². The lowest BCUT2D eigenvalue weighted by molar-refractivity contribution is 0.332. The lowest BCUT2D eigenvalue weighted by Crippen LogP contribution is -2.60. The van der Waals surface area contributed by atoms with Crippen molar-refractivity contribution in [2.45, 2.75) is 104 Å². The molecule has 324 valence electrons. The first-order chi connectivity index (χ1) is 31.5. The van der Waals surface area contributed by atoms with Crippen LogP contribution in [0.2, 0.25) is 0 Å². The van der Waals surface area contributed by atoms with Gasteiger partial charge < -0.3 is 18.2 Å². The van der Waals surface area contributed by atoms with Crippen molar-refractivity contribution in [3.05, 3.63) is 138 Å². The van der Waals surface area contributed by atoms with Crippen LogP contribution in [0.4, 0.5) is 11.4 Å². The number of aromatic nitrogens is 1. The van der Waals surface area contributed by atoms with E-state index >= 15 is 0 Å². The maximum atomic E-state index is 7.53. The molecular formula is C60H53BN2O2S. The largest absolute Gasteiger partial charge is 0.466 e. The van der Waals surface area contributed by atoms with Gasteiger partial charge in [-0.1, -0.05) is 124 Å². The van der Waals surface area contributed by atoms with Crippen molar-refractivity contribution < 1.29 is 8.83 Å². The van der Waals surface area contributed by atoms with E-state index in [1.54, 1.807) is 0 Å². The van der Waals surface area contributed by atoms with Crippen molar-refractivity contribution in [1.29, 1.82) is 0 Å². The highest BCUT2D eigenvalue weighted by atomic mass is 32.1. The summed E-state index contributed by atoms with van der Waals surface area (Å²) in [6.45, 7) is 23.4. The van der Waals surface area contributed by atoms with Crippen molar-refractivity contribution in [3.63, 3.8) is 0 Å². The van der Waals surface area contributed by atoms with E-state index in [1.165, 1.54) is 91.9 Å². The van der Waals surface area contributed by atoms with Crippen LogP contribution in [-0.4, -0.2) is 11.4 Å². The molecule has 0 atom stereocenters. The van der Waals surface area contributed by atoms with Gasteiger partial charge in [0.25, 0.3) is 0 Å². The van der Waals surface area contributed by atoms with Crippen LogP contribution in [0.25, 0.3) is 91.7 Å². The van der Waals surface area contributed by atoms with E-state index in [9.17, 15) is 0 Å². The molecule has 0 fully saturated rings. The van der Waals surface area contributed by atoms with E-state index in [0.717, 1.165) is 57.4 Å². The van der Waals surface area contributed by atoms with Crippen LogP contribution in [0, 0.1) is 0 Å². The molecule has 3 aliphatic rings. The Morgan fingerprint density at radius 3 is 2.00 bits per heavy atom. The molecule has 66 heavy (non-hydrogen) atoms. The summed E-state index contributed by atoms with van der Waals surface area (Å²) in [6.07, 6.45) is 2.32. The summed E-state index contributed by atoms with van der Waals surface area (Å²) in [5.41, 5.74) is 19.2. The Bertz CT molecular complexity index is 3970. The summed E-state index contributed by atoms with van der Waals surface area (Å²) in [5.74, 6) is 0. The van der Waals surface area contributed by atoms with Crippen molar-refractivity contribution in [1.82, 2.24) is 4.57 Å². The molecular weight excluding hydrogens is 824 g/mol. The number of thiophene rings is 1. The molecule has 7 aromatic carbocycles. The molecule has 0 saturated carbocycles. The maximum absolute atomic E-state index is 7.53. The second kappa shape index (κ2) is 12.4. The zero-order valence-electron chi connectivity index (χ0n) is 39.6. The number of rotatable bonds is 1. The van der Waals surface area contributed by atoms with E-state index in [0.29, 0.717) is 0 Å². The van der Waals surface area contributed by atoms with E-state index in [2.05, 4.69) is 194 Å². The van der Waals surface area contributed by atoms with E-state index in [-0.39, 0.29) is 28.5 Å². The first kappa shape index (κ1) is 39.0. The molecule has 0 unspecified atom stereocenters. The van der Waals surface area contributed by atoms with Crippen LogP contribution in [0.3, 0.4) is 0 Å². The molecule has 0 bridgehead atoms. The highest BCUT2D eigenvalue weighted by molar-refractivity contribution is 7.27. The number of hydrogen-bond acceptors (Lipinski definition) is 4. The van der Waals surface area contributed by atoms with E-state index in [4.69, 9.17) is 8.83 Å². The molecule has 1 aliphatic carbocycles.